The zero-order valence-electron chi connectivity index (χ0n) is 14.9. The van der Waals surface area contributed by atoms with Gasteiger partial charge in [-0.1, -0.05) is 12.1 Å². The molecule has 4 N–H and O–H groups in total. The summed E-state index contributed by atoms with van der Waals surface area (Å²) in [5.74, 6) is -0.362. The number of ether oxygens (including phenoxy) is 1. The Morgan fingerprint density at radius 3 is 2.81 bits per heavy atom. The topological polar surface area (TPSA) is 96.7 Å². The summed E-state index contributed by atoms with van der Waals surface area (Å²) in [5.41, 5.74) is 7.25. The number of anilines is 1. The van der Waals surface area contributed by atoms with Crippen molar-refractivity contribution in [3.05, 3.63) is 29.8 Å². The number of nitrogens with two attached hydrogens (primary N) is 1. The van der Waals surface area contributed by atoms with Crippen LogP contribution in [0.15, 0.2) is 24.3 Å². The van der Waals surface area contributed by atoms with E-state index in [1.54, 1.807) is 7.11 Å². The zero-order valence-corrected chi connectivity index (χ0v) is 16.5. The lowest BCUT2D eigenvalue weighted by atomic mass is 10.1. The molecule has 1 unspecified atom stereocenters. The van der Waals surface area contributed by atoms with Gasteiger partial charge in [-0.05, 0) is 37.1 Å². The van der Waals surface area contributed by atoms with E-state index in [0.717, 1.165) is 30.6 Å². The monoisotopic (exact) mass is 406 g/mol. The van der Waals surface area contributed by atoms with Crippen molar-refractivity contribution in [1.82, 2.24) is 10.2 Å². The van der Waals surface area contributed by atoms with Gasteiger partial charge in [-0.2, -0.15) is 0 Å². The first kappa shape index (κ1) is 24.6. The van der Waals surface area contributed by atoms with Gasteiger partial charge in [0.25, 0.3) is 0 Å². The third-order valence-electron chi connectivity index (χ3n) is 4.06. The van der Waals surface area contributed by atoms with E-state index < -0.39 is 0 Å². The van der Waals surface area contributed by atoms with E-state index in [4.69, 9.17) is 10.5 Å². The van der Waals surface area contributed by atoms with Gasteiger partial charge in [0.1, 0.15) is 0 Å². The molecule has 1 aromatic rings. The van der Waals surface area contributed by atoms with Gasteiger partial charge in [0.05, 0.1) is 19.2 Å². The molecule has 0 aliphatic carbocycles. The van der Waals surface area contributed by atoms with Crippen LogP contribution in [0.4, 0.5) is 5.69 Å². The third kappa shape index (κ3) is 7.88. The molecule has 9 heteroatoms. The second-order valence-corrected chi connectivity index (χ2v) is 5.95. The van der Waals surface area contributed by atoms with Gasteiger partial charge in [-0.3, -0.25) is 14.5 Å². The number of methoxy groups -OCH3 is 1. The van der Waals surface area contributed by atoms with Crippen LogP contribution < -0.4 is 16.4 Å². The highest BCUT2D eigenvalue weighted by Gasteiger charge is 2.28. The normalized spacial score (nSPS) is 16.4. The SMILES string of the molecule is COCCNCC(=O)Nc1cccc(CN2CCCC2C(N)=O)c1.Cl.Cl. The predicted molar refractivity (Wildman–Crippen MR) is 107 cm³/mol. The second kappa shape index (κ2) is 12.9. The van der Waals surface area contributed by atoms with Crippen molar-refractivity contribution < 1.29 is 14.3 Å². The Morgan fingerprint density at radius 1 is 1.35 bits per heavy atom. The summed E-state index contributed by atoms with van der Waals surface area (Å²) in [7, 11) is 1.62. The third-order valence-corrected chi connectivity index (χ3v) is 4.06. The van der Waals surface area contributed by atoms with Crippen LogP contribution in [0, 0.1) is 0 Å². The lowest BCUT2D eigenvalue weighted by molar-refractivity contribution is -0.122. The average molecular weight is 407 g/mol. The van der Waals surface area contributed by atoms with Crippen molar-refractivity contribution in [3.63, 3.8) is 0 Å². The van der Waals surface area contributed by atoms with Crippen molar-refractivity contribution in [2.45, 2.75) is 25.4 Å². The molecule has 1 fully saturated rings. The number of rotatable bonds is 9. The van der Waals surface area contributed by atoms with Gasteiger partial charge >= 0.3 is 0 Å². The summed E-state index contributed by atoms with van der Waals surface area (Å²) in [6.07, 6.45) is 1.80. The van der Waals surface area contributed by atoms with Gasteiger partial charge in [0.15, 0.2) is 0 Å². The number of carbonyl (C=O) groups is 2. The van der Waals surface area contributed by atoms with Crippen molar-refractivity contribution in [2.24, 2.45) is 5.73 Å². The Balaban J connectivity index is 0.00000312. The van der Waals surface area contributed by atoms with Crippen LogP contribution in [0.1, 0.15) is 18.4 Å². The number of nitrogens with one attached hydrogen (secondary N) is 2. The largest absolute Gasteiger partial charge is 0.383 e. The molecule has 1 saturated heterocycles. The number of carbonyl (C=O) groups excluding carboxylic acids is 2. The first-order valence-electron chi connectivity index (χ1n) is 8.22. The minimum Gasteiger partial charge on any atom is -0.383 e. The summed E-state index contributed by atoms with van der Waals surface area (Å²) in [5, 5.41) is 5.87. The molecular formula is C17H28Cl2N4O3. The van der Waals surface area contributed by atoms with Crippen molar-refractivity contribution in [1.29, 1.82) is 0 Å². The highest BCUT2D eigenvalue weighted by atomic mass is 35.5. The molecule has 0 bridgehead atoms. The fourth-order valence-electron chi connectivity index (χ4n) is 2.90. The molecule has 148 valence electrons. The Kier molecular flexibility index (Phi) is 12.2. The lowest BCUT2D eigenvalue weighted by Gasteiger charge is -2.22. The van der Waals surface area contributed by atoms with Crippen LogP contribution in [0.5, 0.6) is 0 Å². The number of primary amides is 1. The minimum atomic E-state index is -0.265. The van der Waals surface area contributed by atoms with Gasteiger partial charge in [0.2, 0.25) is 11.8 Å². The maximum atomic E-state index is 11.9. The molecule has 0 radical (unpaired) electrons. The molecule has 26 heavy (non-hydrogen) atoms. The number of hydrogen-bond acceptors (Lipinski definition) is 5. The number of halogens is 2. The molecule has 0 aromatic heterocycles. The van der Waals surface area contributed by atoms with E-state index in [-0.39, 0.29) is 49.2 Å². The van der Waals surface area contributed by atoms with Crippen molar-refractivity contribution in [3.8, 4) is 0 Å². The zero-order chi connectivity index (χ0) is 17.4. The van der Waals surface area contributed by atoms with E-state index in [1.807, 2.05) is 24.3 Å². The number of amides is 2. The summed E-state index contributed by atoms with van der Waals surface area (Å²) in [4.78, 5) is 25.4. The minimum absolute atomic E-state index is 0. The standard InChI is InChI=1S/C17H26N4O3.2ClH/c1-24-9-7-19-11-16(22)20-14-5-2-4-13(10-14)12-21-8-3-6-15(21)17(18)23;;/h2,4-5,10,15,19H,3,6-9,11-12H2,1H3,(H2,18,23)(H,20,22);2*1H. The fourth-order valence-corrected chi connectivity index (χ4v) is 2.90. The van der Waals surface area contributed by atoms with Gasteiger partial charge < -0.3 is 21.1 Å². The molecule has 2 amide bonds. The summed E-state index contributed by atoms with van der Waals surface area (Å²) in [6, 6.07) is 7.49. The molecule has 1 atom stereocenters. The van der Waals surface area contributed by atoms with Gasteiger partial charge in [0, 0.05) is 25.9 Å². The number of nitrogens with zero attached hydrogens (tertiary/aromatic N) is 1. The average Bonchev–Trinajstić information content (AvgIpc) is 3.00. The number of hydrogen-bond donors (Lipinski definition) is 3. The maximum absolute atomic E-state index is 11.9. The molecule has 1 heterocycles. The quantitative estimate of drug-likeness (QED) is 0.534. The number of likely N-dealkylation sites (tertiary alicyclic amines) is 1. The predicted octanol–water partition coefficient (Wildman–Crippen LogP) is 1.15. The summed E-state index contributed by atoms with van der Waals surface area (Å²) < 4.78 is 4.91. The Morgan fingerprint density at radius 2 is 2.12 bits per heavy atom. The van der Waals surface area contributed by atoms with Crippen molar-refractivity contribution in [2.75, 3.05) is 38.7 Å². The van der Waals surface area contributed by atoms with E-state index >= 15 is 0 Å². The summed E-state index contributed by atoms with van der Waals surface area (Å²) >= 11 is 0. The second-order valence-electron chi connectivity index (χ2n) is 5.95. The van der Waals surface area contributed by atoms with Gasteiger partial charge in [-0.25, -0.2) is 0 Å². The molecule has 0 spiro atoms. The van der Waals surface area contributed by atoms with Crippen molar-refractivity contribution >= 4 is 42.3 Å². The van der Waals surface area contributed by atoms with Crippen LogP contribution >= 0.6 is 24.8 Å². The van der Waals surface area contributed by atoms with E-state index in [2.05, 4.69) is 15.5 Å². The smallest absolute Gasteiger partial charge is 0.238 e. The molecule has 7 nitrogen and oxygen atoms in total. The van der Waals surface area contributed by atoms with E-state index in [1.165, 1.54) is 0 Å². The first-order chi connectivity index (χ1) is 11.6. The van der Waals surface area contributed by atoms with E-state index in [0.29, 0.717) is 19.7 Å². The molecule has 1 aliphatic rings. The van der Waals surface area contributed by atoms with Crippen LogP contribution in [0.2, 0.25) is 0 Å². The Labute approximate surface area is 166 Å². The molecule has 2 rings (SSSR count). The van der Waals surface area contributed by atoms with Crippen LogP contribution in [0.25, 0.3) is 0 Å². The molecule has 1 aromatic carbocycles. The lowest BCUT2D eigenvalue weighted by Crippen LogP contribution is -2.39. The van der Waals surface area contributed by atoms with Crippen LogP contribution in [-0.2, 0) is 20.9 Å². The van der Waals surface area contributed by atoms with Gasteiger partial charge in [-0.15, -0.1) is 24.8 Å². The highest BCUT2D eigenvalue weighted by molar-refractivity contribution is 5.92. The maximum Gasteiger partial charge on any atom is 0.238 e. The summed E-state index contributed by atoms with van der Waals surface area (Å²) in [6.45, 7) is 2.97. The fraction of sp³-hybridized carbons (Fsp3) is 0.529. The first-order valence-corrected chi connectivity index (χ1v) is 8.22. The highest BCUT2D eigenvalue weighted by Crippen LogP contribution is 2.21. The molecule has 0 saturated carbocycles. The number of benzene rings is 1. The van der Waals surface area contributed by atoms with Crippen LogP contribution in [-0.4, -0.2) is 56.1 Å². The van der Waals surface area contributed by atoms with E-state index in [9.17, 15) is 9.59 Å². The Bertz CT molecular complexity index is 575. The molecular weight excluding hydrogens is 379 g/mol. The Hall–Kier alpha value is -1.38. The molecule has 1 aliphatic heterocycles. The van der Waals surface area contributed by atoms with Crippen LogP contribution in [0.3, 0.4) is 0 Å².